The molecular weight excluding hydrogens is 498 g/mol. The molecule has 2 rings (SSSR count). The minimum absolute atomic E-state index is 0.474. The summed E-state index contributed by atoms with van der Waals surface area (Å²) in [5, 5.41) is 18.8. The third-order valence-corrected chi connectivity index (χ3v) is 7.27. The molecular formula is C10H13FN3O14P3. The molecule has 0 radical (unpaired) electrons. The van der Waals surface area contributed by atoms with Crippen molar-refractivity contribution >= 4 is 23.5 Å². The van der Waals surface area contributed by atoms with Gasteiger partial charge in [0.15, 0.2) is 12.4 Å². The third-order valence-electron chi connectivity index (χ3n) is 3.47. The van der Waals surface area contributed by atoms with Crippen LogP contribution >= 0.6 is 23.5 Å². The molecule has 17 nitrogen and oxygen atoms in total. The van der Waals surface area contributed by atoms with Crippen LogP contribution in [0.5, 0.6) is 0 Å². The predicted octanol–water partition coefficient (Wildman–Crippen LogP) is -1.65. The number of aromatic amines is 1. The number of H-pyrrole nitrogens is 1. The number of nitriles is 1. The third kappa shape index (κ3) is 6.70. The zero-order valence-corrected chi connectivity index (χ0v) is 17.3. The lowest BCUT2D eigenvalue weighted by Gasteiger charge is -2.19. The lowest BCUT2D eigenvalue weighted by atomic mass is 10.1. The number of aliphatic hydroxyl groups is 1. The van der Waals surface area contributed by atoms with Gasteiger partial charge < -0.3 is 29.4 Å². The van der Waals surface area contributed by atoms with Crippen LogP contribution in [0.1, 0.15) is 11.8 Å². The first-order chi connectivity index (χ1) is 14.1. The van der Waals surface area contributed by atoms with Crippen molar-refractivity contribution in [2.45, 2.75) is 24.6 Å². The molecule has 0 spiro atoms. The van der Waals surface area contributed by atoms with Crippen LogP contribution in [-0.2, 0) is 31.6 Å². The molecule has 0 bridgehead atoms. The molecule has 0 aliphatic carbocycles. The van der Waals surface area contributed by atoms with E-state index in [1.807, 2.05) is 0 Å². The van der Waals surface area contributed by atoms with E-state index < -0.39 is 71.5 Å². The molecule has 6 N–H and O–H groups in total. The van der Waals surface area contributed by atoms with Gasteiger partial charge in [0.25, 0.3) is 5.56 Å². The summed E-state index contributed by atoms with van der Waals surface area (Å²) in [4.78, 5) is 60.2. The van der Waals surface area contributed by atoms with Gasteiger partial charge in [0.2, 0.25) is 0 Å². The number of nitrogens with one attached hydrogen (secondary N) is 1. The standard InChI is InChI=1S/C10H13FN3O14P3/c11-6-5(3-25-30(21,22)28-31(23,24)27-29(18,19)20)26-9(7(6)15)14-2-4(1-12)8(16)13-10(14)17/h2,5-7,9,15H,3H2,(H,21,22)(H,23,24)(H,13,16,17)(H2,18,19,20)/t5-,6-,7-,9-/m0/s1. The maximum atomic E-state index is 14.3. The molecule has 6 atom stereocenters. The van der Waals surface area contributed by atoms with Gasteiger partial charge >= 0.3 is 29.2 Å². The molecule has 174 valence electrons. The second kappa shape index (κ2) is 9.12. The maximum Gasteiger partial charge on any atom is 0.490 e. The van der Waals surface area contributed by atoms with Crippen LogP contribution < -0.4 is 11.2 Å². The van der Waals surface area contributed by atoms with E-state index in [9.17, 15) is 37.7 Å². The van der Waals surface area contributed by atoms with E-state index >= 15 is 0 Å². The van der Waals surface area contributed by atoms with Crippen molar-refractivity contribution in [1.29, 1.82) is 5.26 Å². The average molecular weight is 511 g/mol. The number of phosphoric ester groups is 1. The number of phosphoric acid groups is 3. The second-order valence-corrected chi connectivity index (χ2v) is 10.1. The lowest BCUT2D eigenvalue weighted by molar-refractivity contribution is -0.0531. The Kier molecular flexibility index (Phi) is 7.56. The fraction of sp³-hybridized carbons (Fsp3) is 0.500. The number of hydrogen-bond donors (Lipinski definition) is 6. The number of hydrogen-bond acceptors (Lipinski definition) is 11. The quantitative estimate of drug-likeness (QED) is 0.213. The summed E-state index contributed by atoms with van der Waals surface area (Å²) in [6.07, 6.45) is -7.49. The minimum atomic E-state index is -5.80. The van der Waals surface area contributed by atoms with E-state index in [4.69, 9.17) is 24.7 Å². The van der Waals surface area contributed by atoms with Crippen LogP contribution in [0.4, 0.5) is 4.39 Å². The second-order valence-electron chi connectivity index (χ2n) is 5.71. The van der Waals surface area contributed by atoms with Crippen LogP contribution in [0.3, 0.4) is 0 Å². The molecule has 1 aliphatic rings. The summed E-state index contributed by atoms with van der Waals surface area (Å²) in [5.41, 5.74) is -2.83. The van der Waals surface area contributed by atoms with E-state index in [2.05, 4.69) is 13.1 Å². The summed E-state index contributed by atoms with van der Waals surface area (Å²) in [6.45, 7) is -1.23. The van der Waals surface area contributed by atoms with Crippen molar-refractivity contribution < 1.29 is 60.6 Å². The summed E-state index contributed by atoms with van der Waals surface area (Å²) in [7, 11) is -17.0. The Bertz CT molecular complexity index is 1140. The van der Waals surface area contributed by atoms with Crippen LogP contribution in [0.2, 0.25) is 0 Å². The summed E-state index contributed by atoms with van der Waals surface area (Å²) >= 11 is 0. The predicted molar refractivity (Wildman–Crippen MR) is 90.7 cm³/mol. The first-order valence-corrected chi connectivity index (χ1v) is 12.1. The van der Waals surface area contributed by atoms with Gasteiger partial charge in [0, 0.05) is 6.20 Å². The van der Waals surface area contributed by atoms with Crippen molar-refractivity contribution in [3.8, 4) is 6.07 Å². The number of rotatable bonds is 8. The van der Waals surface area contributed by atoms with Crippen molar-refractivity contribution in [3.63, 3.8) is 0 Å². The van der Waals surface area contributed by atoms with E-state index in [1.165, 1.54) is 6.07 Å². The van der Waals surface area contributed by atoms with Crippen LogP contribution in [0.25, 0.3) is 0 Å². The Morgan fingerprint density at radius 2 is 1.81 bits per heavy atom. The monoisotopic (exact) mass is 511 g/mol. The molecule has 0 saturated carbocycles. The Morgan fingerprint density at radius 3 is 2.35 bits per heavy atom. The SMILES string of the molecule is N#Cc1cn([C@H]2O[C@@H](COP(=O)(O)OP(=O)(O)OP(=O)(O)O)[C@H](F)[C@@H]2O)c(=O)[nH]c1=O. The number of nitrogens with zero attached hydrogens (tertiary/aromatic N) is 2. The molecule has 31 heavy (non-hydrogen) atoms. The van der Waals surface area contributed by atoms with Gasteiger partial charge in [0.05, 0.1) is 6.61 Å². The summed E-state index contributed by atoms with van der Waals surface area (Å²) in [5.74, 6) is 0. The van der Waals surface area contributed by atoms with Gasteiger partial charge in [-0.1, -0.05) is 0 Å². The number of halogens is 1. The van der Waals surface area contributed by atoms with Gasteiger partial charge in [-0.05, 0) is 0 Å². The van der Waals surface area contributed by atoms with Crippen LogP contribution in [0.15, 0.2) is 15.8 Å². The fourth-order valence-corrected chi connectivity index (χ4v) is 5.33. The Labute approximate surface area is 169 Å². The number of aliphatic hydroxyl groups excluding tert-OH is 1. The highest BCUT2D eigenvalue weighted by Gasteiger charge is 2.48. The van der Waals surface area contributed by atoms with E-state index in [-0.39, 0.29) is 0 Å². The number of alkyl halides is 1. The zero-order chi connectivity index (χ0) is 23.8. The molecule has 2 heterocycles. The van der Waals surface area contributed by atoms with E-state index in [0.29, 0.717) is 10.8 Å². The first kappa shape index (κ1) is 25.7. The molecule has 1 saturated heterocycles. The molecule has 1 aromatic heterocycles. The summed E-state index contributed by atoms with van der Waals surface area (Å²) in [6, 6.07) is 1.44. The normalized spacial score (nSPS) is 27.9. The van der Waals surface area contributed by atoms with Crippen molar-refractivity contribution in [1.82, 2.24) is 9.55 Å². The maximum absolute atomic E-state index is 14.3. The minimum Gasteiger partial charge on any atom is -0.385 e. The molecule has 2 unspecified atom stereocenters. The van der Waals surface area contributed by atoms with Gasteiger partial charge in [-0.25, -0.2) is 22.9 Å². The largest absolute Gasteiger partial charge is 0.490 e. The first-order valence-electron chi connectivity index (χ1n) is 7.57. The van der Waals surface area contributed by atoms with Crippen molar-refractivity contribution in [3.05, 3.63) is 32.6 Å². The molecule has 21 heteroatoms. The number of ether oxygens (including phenoxy) is 1. The van der Waals surface area contributed by atoms with E-state index in [0.717, 1.165) is 0 Å². The highest BCUT2D eigenvalue weighted by Crippen LogP contribution is 2.66. The summed E-state index contributed by atoms with van der Waals surface area (Å²) < 4.78 is 64.4. The smallest absolute Gasteiger partial charge is 0.385 e. The topological polar surface area (TPSA) is 268 Å². The highest BCUT2D eigenvalue weighted by molar-refractivity contribution is 7.66. The van der Waals surface area contributed by atoms with Crippen molar-refractivity contribution in [2.24, 2.45) is 0 Å². The van der Waals surface area contributed by atoms with Gasteiger partial charge in [-0.2, -0.15) is 13.9 Å². The van der Waals surface area contributed by atoms with Crippen molar-refractivity contribution in [2.75, 3.05) is 6.61 Å². The zero-order valence-electron chi connectivity index (χ0n) is 14.6. The van der Waals surface area contributed by atoms with Crippen LogP contribution in [0, 0.1) is 11.3 Å². The fourth-order valence-electron chi connectivity index (χ4n) is 2.30. The molecule has 1 aliphatic heterocycles. The Balaban J connectivity index is 2.13. The average Bonchev–Trinajstić information content (AvgIpc) is 2.85. The molecule has 1 aromatic rings. The number of aromatic nitrogens is 2. The highest BCUT2D eigenvalue weighted by atomic mass is 31.3. The van der Waals surface area contributed by atoms with E-state index in [1.54, 1.807) is 4.98 Å². The molecule has 0 aromatic carbocycles. The molecule has 0 amide bonds. The Hall–Kier alpha value is -1.57. The Morgan fingerprint density at radius 1 is 1.19 bits per heavy atom. The lowest BCUT2D eigenvalue weighted by Crippen LogP contribution is -2.37. The van der Waals surface area contributed by atoms with Gasteiger partial charge in [0.1, 0.15) is 23.8 Å². The van der Waals surface area contributed by atoms with Gasteiger partial charge in [-0.15, -0.1) is 0 Å². The van der Waals surface area contributed by atoms with Gasteiger partial charge in [-0.3, -0.25) is 18.9 Å². The molecule has 1 fully saturated rings. The van der Waals surface area contributed by atoms with Crippen LogP contribution in [-0.4, -0.2) is 59.2 Å².